The molecular weight excluding hydrogens is 250 g/mol. The third-order valence-corrected chi connectivity index (χ3v) is 3.69. The molecule has 2 N–H and O–H groups in total. The van der Waals surface area contributed by atoms with Gasteiger partial charge in [-0.25, -0.2) is 4.79 Å². The summed E-state index contributed by atoms with van der Waals surface area (Å²) < 4.78 is 3.47. The molecule has 0 saturated carbocycles. The van der Waals surface area contributed by atoms with E-state index in [1.54, 1.807) is 9.13 Å². The lowest BCUT2D eigenvalue weighted by atomic mass is 9.96. The highest BCUT2D eigenvalue weighted by Crippen LogP contribution is 2.24. The van der Waals surface area contributed by atoms with E-state index >= 15 is 0 Å². The second kappa shape index (κ2) is 6.09. The van der Waals surface area contributed by atoms with E-state index in [0.717, 1.165) is 12.1 Å². The predicted molar refractivity (Wildman–Crippen MR) is 82.5 cm³/mol. The zero-order chi connectivity index (χ0) is 14.7. The van der Waals surface area contributed by atoms with Crippen molar-refractivity contribution in [3.05, 3.63) is 52.7 Å². The molecule has 2 rings (SSSR count). The lowest BCUT2D eigenvalue weighted by Gasteiger charge is -2.16. The minimum absolute atomic E-state index is 0.00685. The van der Waals surface area contributed by atoms with Crippen LogP contribution in [-0.4, -0.2) is 15.7 Å². The van der Waals surface area contributed by atoms with E-state index in [1.165, 1.54) is 5.56 Å². The number of hydrogen-bond acceptors (Lipinski definition) is 2. The van der Waals surface area contributed by atoms with Gasteiger partial charge in [-0.2, -0.15) is 0 Å². The molecule has 4 heteroatoms. The van der Waals surface area contributed by atoms with Crippen LogP contribution in [0.1, 0.15) is 44.7 Å². The molecule has 108 valence electrons. The summed E-state index contributed by atoms with van der Waals surface area (Å²) in [6.45, 7) is 6.82. The van der Waals surface area contributed by atoms with Crippen molar-refractivity contribution in [1.29, 1.82) is 0 Å². The fourth-order valence-corrected chi connectivity index (χ4v) is 2.50. The van der Waals surface area contributed by atoms with Crippen molar-refractivity contribution in [3.8, 4) is 5.69 Å². The van der Waals surface area contributed by atoms with Crippen molar-refractivity contribution in [2.24, 2.45) is 5.73 Å². The lowest BCUT2D eigenvalue weighted by Crippen LogP contribution is -2.25. The largest absolute Gasteiger partial charge is 0.332 e. The topological polar surface area (TPSA) is 52.9 Å². The van der Waals surface area contributed by atoms with E-state index in [0.29, 0.717) is 12.5 Å². The van der Waals surface area contributed by atoms with Crippen molar-refractivity contribution >= 4 is 0 Å². The van der Waals surface area contributed by atoms with Gasteiger partial charge in [0.2, 0.25) is 0 Å². The Bertz CT molecular complexity index is 625. The second-order valence-electron chi connectivity index (χ2n) is 5.49. The third-order valence-electron chi connectivity index (χ3n) is 3.69. The second-order valence-corrected chi connectivity index (χ2v) is 5.49. The zero-order valence-electron chi connectivity index (χ0n) is 12.4. The number of aromatic nitrogens is 2. The van der Waals surface area contributed by atoms with Gasteiger partial charge in [0, 0.05) is 18.4 Å². The summed E-state index contributed by atoms with van der Waals surface area (Å²) in [4.78, 5) is 12.4. The maximum Gasteiger partial charge on any atom is 0.332 e. The fraction of sp³-hybridized carbons (Fsp3) is 0.438. The average molecular weight is 273 g/mol. The maximum atomic E-state index is 12.4. The first-order valence-corrected chi connectivity index (χ1v) is 7.15. The molecule has 2 aromatic rings. The standard InChI is InChI=1S/C16H23N3O/c1-12(2)18-10-11-19(16(18)20)15-7-5-4-6-14(15)13(3)8-9-17/h4-7,10-13H,8-9,17H2,1-3H3. The van der Waals surface area contributed by atoms with Crippen LogP contribution in [-0.2, 0) is 0 Å². The van der Waals surface area contributed by atoms with Crippen molar-refractivity contribution in [3.63, 3.8) is 0 Å². The SMILES string of the molecule is CC(CCN)c1ccccc1-n1ccn(C(C)C)c1=O. The minimum Gasteiger partial charge on any atom is -0.330 e. The molecule has 0 radical (unpaired) electrons. The van der Waals surface area contributed by atoms with Crippen molar-refractivity contribution < 1.29 is 0 Å². The van der Waals surface area contributed by atoms with Gasteiger partial charge in [0.25, 0.3) is 0 Å². The molecule has 1 atom stereocenters. The number of hydrogen-bond donors (Lipinski definition) is 1. The van der Waals surface area contributed by atoms with E-state index in [1.807, 2.05) is 44.4 Å². The fourth-order valence-electron chi connectivity index (χ4n) is 2.50. The predicted octanol–water partition coefficient (Wildman–Crippen LogP) is 2.67. The number of para-hydroxylation sites is 1. The molecular formula is C16H23N3O. The van der Waals surface area contributed by atoms with Crippen LogP contribution in [0.3, 0.4) is 0 Å². The van der Waals surface area contributed by atoms with Crippen LogP contribution < -0.4 is 11.4 Å². The summed E-state index contributed by atoms with van der Waals surface area (Å²) in [5.74, 6) is 0.338. The first-order chi connectivity index (χ1) is 9.56. The van der Waals surface area contributed by atoms with Gasteiger partial charge >= 0.3 is 5.69 Å². The molecule has 0 aliphatic rings. The van der Waals surface area contributed by atoms with Crippen molar-refractivity contribution in [2.45, 2.75) is 39.2 Å². The number of rotatable bonds is 5. The van der Waals surface area contributed by atoms with Gasteiger partial charge in [-0.1, -0.05) is 25.1 Å². The summed E-state index contributed by atoms with van der Waals surface area (Å²) in [5.41, 5.74) is 7.79. The van der Waals surface area contributed by atoms with Crippen LogP contribution in [0.25, 0.3) is 5.69 Å². The van der Waals surface area contributed by atoms with E-state index in [2.05, 4.69) is 13.0 Å². The van der Waals surface area contributed by atoms with Crippen LogP contribution in [0.4, 0.5) is 0 Å². The number of benzene rings is 1. The minimum atomic E-state index is 0.00685. The van der Waals surface area contributed by atoms with Crippen molar-refractivity contribution in [1.82, 2.24) is 9.13 Å². The van der Waals surface area contributed by atoms with Gasteiger partial charge in [-0.15, -0.1) is 0 Å². The molecule has 1 aromatic heterocycles. The summed E-state index contributed by atoms with van der Waals surface area (Å²) >= 11 is 0. The molecule has 20 heavy (non-hydrogen) atoms. The van der Waals surface area contributed by atoms with Gasteiger partial charge in [-0.3, -0.25) is 9.13 Å². The van der Waals surface area contributed by atoms with Crippen LogP contribution in [0, 0.1) is 0 Å². The van der Waals surface area contributed by atoms with E-state index < -0.39 is 0 Å². The van der Waals surface area contributed by atoms with Crippen LogP contribution in [0.15, 0.2) is 41.5 Å². The molecule has 1 unspecified atom stereocenters. The number of imidazole rings is 1. The number of nitrogens with two attached hydrogens (primary N) is 1. The normalized spacial score (nSPS) is 12.8. The quantitative estimate of drug-likeness (QED) is 0.910. The highest BCUT2D eigenvalue weighted by Gasteiger charge is 2.14. The van der Waals surface area contributed by atoms with E-state index in [-0.39, 0.29) is 11.7 Å². The Kier molecular flexibility index (Phi) is 4.45. The summed E-state index contributed by atoms with van der Waals surface area (Å²) in [5, 5.41) is 0. The molecule has 1 heterocycles. The Morgan fingerprint density at radius 2 is 1.85 bits per heavy atom. The molecule has 0 spiro atoms. The van der Waals surface area contributed by atoms with Crippen molar-refractivity contribution in [2.75, 3.05) is 6.54 Å². The Morgan fingerprint density at radius 1 is 1.15 bits per heavy atom. The third kappa shape index (κ3) is 2.70. The molecule has 4 nitrogen and oxygen atoms in total. The van der Waals surface area contributed by atoms with Crippen LogP contribution in [0.5, 0.6) is 0 Å². The molecule has 0 amide bonds. The monoisotopic (exact) mass is 273 g/mol. The van der Waals surface area contributed by atoms with E-state index in [4.69, 9.17) is 5.73 Å². The highest BCUT2D eigenvalue weighted by atomic mass is 16.1. The van der Waals surface area contributed by atoms with Gasteiger partial charge in [0.05, 0.1) is 5.69 Å². The summed E-state index contributed by atoms with van der Waals surface area (Å²) in [7, 11) is 0. The Labute approximate surface area is 119 Å². The molecule has 1 aromatic carbocycles. The summed E-state index contributed by atoms with van der Waals surface area (Å²) in [6.07, 6.45) is 4.60. The molecule has 0 aliphatic heterocycles. The van der Waals surface area contributed by atoms with Crippen LogP contribution >= 0.6 is 0 Å². The smallest absolute Gasteiger partial charge is 0.330 e. The first kappa shape index (κ1) is 14.6. The Balaban J connectivity index is 2.51. The van der Waals surface area contributed by atoms with Gasteiger partial charge in [-0.05, 0) is 44.4 Å². The Hall–Kier alpha value is -1.81. The summed E-state index contributed by atoms with van der Waals surface area (Å²) in [6, 6.07) is 8.21. The molecule has 0 saturated heterocycles. The molecule has 0 aliphatic carbocycles. The highest BCUT2D eigenvalue weighted by molar-refractivity contribution is 5.43. The van der Waals surface area contributed by atoms with Gasteiger partial charge < -0.3 is 5.73 Å². The van der Waals surface area contributed by atoms with E-state index in [9.17, 15) is 4.79 Å². The average Bonchev–Trinajstić information content (AvgIpc) is 2.81. The number of nitrogens with zero attached hydrogens (tertiary/aromatic N) is 2. The lowest BCUT2D eigenvalue weighted by molar-refractivity contribution is 0.573. The Morgan fingerprint density at radius 3 is 2.45 bits per heavy atom. The molecule has 0 fully saturated rings. The van der Waals surface area contributed by atoms with Gasteiger partial charge in [0.15, 0.2) is 0 Å². The maximum absolute atomic E-state index is 12.4. The zero-order valence-corrected chi connectivity index (χ0v) is 12.4. The van der Waals surface area contributed by atoms with Gasteiger partial charge in [0.1, 0.15) is 0 Å². The molecule has 0 bridgehead atoms. The first-order valence-electron chi connectivity index (χ1n) is 7.15. The van der Waals surface area contributed by atoms with Crippen LogP contribution in [0.2, 0.25) is 0 Å².